The minimum absolute atomic E-state index is 0.0123. The molecule has 11 heteroatoms. The second-order valence-corrected chi connectivity index (χ2v) is 12.0. The van der Waals surface area contributed by atoms with Gasteiger partial charge in [0.05, 0.1) is 18.8 Å². The third-order valence-corrected chi connectivity index (χ3v) is 8.65. The lowest BCUT2D eigenvalue weighted by Crippen LogP contribution is -2.31. The Kier molecular flexibility index (Phi) is 12.3. The van der Waals surface area contributed by atoms with E-state index in [2.05, 4.69) is 27.4 Å². The maximum absolute atomic E-state index is 12.3. The smallest absolute Gasteiger partial charge is 0.243 e. The van der Waals surface area contributed by atoms with Crippen molar-refractivity contribution in [1.29, 1.82) is 0 Å². The Balaban J connectivity index is 1.26. The van der Waals surface area contributed by atoms with E-state index in [0.29, 0.717) is 43.1 Å². The van der Waals surface area contributed by atoms with Crippen LogP contribution in [0, 0.1) is 0 Å². The van der Waals surface area contributed by atoms with Gasteiger partial charge in [0, 0.05) is 49.5 Å². The Labute approximate surface area is 272 Å². The Morgan fingerprint density at radius 1 is 0.826 bits per heavy atom. The first-order chi connectivity index (χ1) is 22.5. The van der Waals surface area contributed by atoms with Crippen molar-refractivity contribution in [3.05, 3.63) is 114 Å². The normalized spacial score (nSPS) is 17.7. The Bertz CT molecular complexity index is 1570. The van der Waals surface area contributed by atoms with Crippen molar-refractivity contribution >= 4 is 23.6 Å². The number of carbonyl (C=O) groups is 2. The number of hydrogen-bond donors (Lipinski definition) is 4. The van der Waals surface area contributed by atoms with Gasteiger partial charge in [0.2, 0.25) is 11.8 Å². The van der Waals surface area contributed by atoms with Gasteiger partial charge in [-0.25, -0.2) is 15.4 Å². The van der Waals surface area contributed by atoms with Crippen molar-refractivity contribution in [2.75, 3.05) is 5.75 Å². The van der Waals surface area contributed by atoms with Gasteiger partial charge >= 0.3 is 0 Å². The summed E-state index contributed by atoms with van der Waals surface area (Å²) in [6.07, 6.45) is 4.80. The number of benzene rings is 3. The molecule has 4 N–H and O–H groups in total. The molecule has 0 saturated carbocycles. The number of thioether (sulfide) groups is 1. The van der Waals surface area contributed by atoms with E-state index >= 15 is 0 Å². The Hall–Kier alpha value is -4.13. The van der Waals surface area contributed by atoms with E-state index in [-0.39, 0.29) is 31.1 Å². The fraction of sp³-hybridized carbons (Fsp3) is 0.314. The van der Waals surface area contributed by atoms with Crippen LogP contribution in [0.15, 0.2) is 96.4 Å². The first-order valence-corrected chi connectivity index (χ1v) is 16.3. The summed E-state index contributed by atoms with van der Waals surface area (Å²) in [5.41, 5.74) is 7.34. The molecule has 3 atom stereocenters. The molecule has 2 heterocycles. The summed E-state index contributed by atoms with van der Waals surface area (Å²) in [5, 5.41) is 21.7. The topological polar surface area (TPSA) is 143 Å². The molecule has 10 nitrogen and oxygen atoms in total. The highest BCUT2D eigenvalue weighted by molar-refractivity contribution is 7.99. The van der Waals surface area contributed by atoms with Crippen molar-refractivity contribution in [2.24, 2.45) is 0 Å². The molecule has 5 rings (SSSR count). The molecular formula is C35H38N4O6S. The number of nitrogens with one attached hydrogen (secondary N) is 2. The molecule has 0 bridgehead atoms. The number of amides is 2. The van der Waals surface area contributed by atoms with Crippen LogP contribution in [0.2, 0.25) is 0 Å². The molecule has 1 aliphatic rings. The van der Waals surface area contributed by atoms with Crippen LogP contribution < -0.4 is 10.8 Å². The summed E-state index contributed by atoms with van der Waals surface area (Å²) in [6.45, 7) is 0.376. The van der Waals surface area contributed by atoms with Crippen molar-refractivity contribution in [1.82, 2.24) is 20.8 Å². The molecule has 3 aromatic carbocycles. The van der Waals surface area contributed by atoms with E-state index in [1.54, 1.807) is 35.7 Å². The number of ether oxygens (including phenoxy) is 2. The lowest BCUT2D eigenvalue weighted by atomic mass is 9.99. The first kappa shape index (κ1) is 33.2. The largest absolute Gasteiger partial charge is 0.392 e. The van der Waals surface area contributed by atoms with Gasteiger partial charge in [-0.05, 0) is 58.9 Å². The summed E-state index contributed by atoms with van der Waals surface area (Å²) in [6, 6.07) is 25.8. The van der Waals surface area contributed by atoms with Gasteiger partial charge in [0.1, 0.15) is 0 Å². The number of unbranched alkanes of at least 4 members (excludes halogenated alkanes) is 1. The third-order valence-electron chi connectivity index (χ3n) is 7.65. The molecule has 0 spiro atoms. The average Bonchev–Trinajstić information content (AvgIpc) is 3.12. The Morgan fingerprint density at radius 3 is 2.28 bits per heavy atom. The summed E-state index contributed by atoms with van der Waals surface area (Å²) in [4.78, 5) is 32.1. The van der Waals surface area contributed by atoms with E-state index in [1.807, 2.05) is 60.7 Å². The summed E-state index contributed by atoms with van der Waals surface area (Å²) in [5.74, 6) is 0.129. The fourth-order valence-electron chi connectivity index (χ4n) is 5.19. The van der Waals surface area contributed by atoms with Gasteiger partial charge in [-0.1, -0.05) is 72.4 Å². The molecule has 0 unspecified atom stereocenters. The van der Waals surface area contributed by atoms with E-state index in [9.17, 15) is 14.7 Å². The molecule has 1 aliphatic heterocycles. The maximum Gasteiger partial charge on any atom is 0.243 e. The van der Waals surface area contributed by atoms with Crippen molar-refractivity contribution in [2.45, 2.75) is 68.9 Å². The second kappa shape index (κ2) is 17.0. The number of aliphatic hydroxyl groups is 1. The zero-order valence-electron chi connectivity index (χ0n) is 25.4. The molecule has 0 aliphatic carbocycles. The standard InChI is InChI=1S/C35H38N4O6S/c40-22-24-12-14-26(15-13-24)31-20-30(23-46-35-36-16-5-17-37-35)44-34(45-31)29-9-4-8-28(19-29)27-7-3-6-25(18-27)21-38-32(41)10-1-2-11-33(42)39-43/h3-9,12-19,30-31,34,40,43H,1-2,10-11,20-23H2,(H,38,41)(H,39,42)/t30-,31+,34+/m1/s1. The van der Waals surface area contributed by atoms with Gasteiger partial charge in [-0.15, -0.1) is 0 Å². The molecule has 1 saturated heterocycles. The number of hydrogen-bond acceptors (Lipinski definition) is 9. The lowest BCUT2D eigenvalue weighted by Gasteiger charge is -2.36. The van der Waals surface area contributed by atoms with Gasteiger partial charge in [0.15, 0.2) is 11.4 Å². The van der Waals surface area contributed by atoms with E-state index in [4.69, 9.17) is 14.7 Å². The Morgan fingerprint density at radius 2 is 1.54 bits per heavy atom. The number of aromatic nitrogens is 2. The number of nitrogens with zero attached hydrogens (tertiary/aromatic N) is 2. The summed E-state index contributed by atoms with van der Waals surface area (Å²) >= 11 is 1.55. The third kappa shape index (κ3) is 9.68. The summed E-state index contributed by atoms with van der Waals surface area (Å²) in [7, 11) is 0. The highest BCUT2D eigenvalue weighted by Crippen LogP contribution is 2.40. The van der Waals surface area contributed by atoms with Crippen molar-refractivity contribution < 1.29 is 29.4 Å². The summed E-state index contributed by atoms with van der Waals surface area (Å²) < 4.78 is 13.1. The second-order valence-electron chi connectivity index (χ2n) is 11.0. The predicted molar refractivity (Wildman–Crippen MR) is 173 cm³/mol. The zero-order chi connectivity index (χ0) is 32.1. The van der Waals surface area contributed by atoms with E-state index in [1.165, 1.54) is 0 Å². The highest BCUT2D eigenvalue weighted by Gasteiger charge is 2.32. The maximum atomic E-state index is 12.3. The van der Waals surface area contributed by atoms with Crippen LogP contribution in [0.3, 0.4) is 0 Å². The predicted octanol–water partition coefficient (Wildman–Crippen LogP) is 5.66. The van der Waals surface area contributed by atoms with Gasteiger partial charge in [-0.2, -0.15) is 0 Å². The molecule has 1 fully saturated rings. The quantitative estimate of drug-likeness (QED) is 0.0451. The van der Waals surface area contributed by atoms with Crippen LogP contribution in [-0.4, -0.2) is 44.0 Å². The van der Waals surface area contributed by atoms with Crippen LogP contribution in [0.4, 0.5) is 0 Å². The number of rotatable bonds is 14. The van der Waals surface area contributed by atoms with E-state index < -0.39 is 12.2 Å². The monoisotopic (exact) mass is 642 g/mol. The molecular weight excluding hydrogens is 604 g/mol. The molecule has 46 heavy (non-hydrogen) atoms. The SMILES string of the molecule is O=C(CCCCC(=O)NCc1cccc(-c2cccc([C@H]3O[C@@H](CSc4ncccn4)C[C@@H](c4ccc(CO)cc4)O3)c2)c1)NO. The minimum atomic E-state index is -0.593. The van der Waals surface area contributed by atoms with Gasteiger partial charge in [0.25, 0.3) is 0 Å². The van der Waals surface area contributed by atoms with Crippen LogP contribution in [0.1, 0.15) is 66.8 Å². The van der Waals surface area contributed by atoms with Crippen molar-refractivity contribution in [3.63, 3.8) is 0 Å². The first-order valence-electron chi connectivity index (χ1n) is 15.3. The van der Waals surface area contributed by atoms with Crippen LogP contribution in [0.5, 0.6) is 0 Å². The van der Waals surface area contributed by atoms with Crippen molar-refractivity contribution in [3.8, 4) is 11.1 Å². The van der Waals surface area contributed by atoms with Crippen LogP contribution in [-0.2, 0) is 32.2 Å². The molecule has 4 aromatic rings. The van der Waals surface area contributed by atoms with Gasteiger partial charge < -0.3 is 19.9 Å². The fourth-order valence-corrected chi connectivity index (χ4v) is 6.01. The van der Waals surface area contributed by atoms with Crippen LogP contribution in [0.25, 0.3) is 11.1 Å². The lowest BCUT2D eigenvalue weighted by molar-refractivity contribution is -0.245. The highest BCUT2D eigenvalue weighted by atomic mass is 32.2. The number of hydroxylamine groups is 1. The minimum Gasteiger partial charge on any atom is -0.392 e. The molecule has 240 valence electrons. The molecule has 0 radical (unpaired) electrons. The number of carbonyl (C=O) groups excluding carboxylic acids is 2. The number of aliphatic hydroxyl groups excluding tert-OH is 1. The van der Waals surface area contributed by atoms with Gasteiger partial charge in [-0.3, -0.25) is 14.8 Å². The molecule has 2 amide bonds. The zero-order valence-corrected chi connectivity index (χ0v) is 26.2. The average molecular weight is 643 g/mol. The molecule has 1 aromatic heterocycles. The van der Waals surface area contributed by atoms with Crippen LogP contribution >= 0.6 is 11.8 Å². The van der Waals surface area contributed by atoms with E-state index in [0.717, 1.165) is 33.4 Å².